The van der Waals surface area contributed by atoms with Gasteiger partial charge in [-0.15, -0.1) is 0 Å². The van der Waals surface area contributed by atoms with Crippen molar-refractivity contribution in [2.75, 3.05) is 34.0 Å². The maximum Gasteiger partial charge on any atom is 0.243 e. The largest absolute Gasteiger partial charge is 0.491 e. The van der Waals surface area contributed by atoms with Gasteiger partial charge in [0, 0.05) is 20.2 Å². The van der Waals surface area contributed by atoms with Gasteiger partial charge >= 0.3 is 0 Å². The van der Waals surface area contributed by atoms with Crippen molar-refractivity contribution in [1.82, 2.24) is 4.31 Å². The van der Waals surface area contributed by atoms with Crippen LogP contribution in [0.4, 0.5) is 0 Å². The number of likely N-dealkylation sites (N-methyl/N-ethyl adjacent to an activating group) is 1. The van der Waals surface area contributed by atoms with Gasteiger partial charge in [0.2, 0.25) is 10.0 Å². The van der Waals surface area contributed by atoms with Crippen LogP contribution in [0, 0.1) is 0 Å². The van der Waals surface area contributed by atoms with Gasteiger partial charge in [0.1, 0.15) is 12.4 Å². The minimum atomic E-state index is -3.60. The molecule has 0 heterocycles. The van der Waals surface area contributed by atoms with E-state index in [1.54, 1.807) is 26.2 Å². The molecule has 1 N–H and O–H groups in total. The lowest BCUT2D eigenvalue weighted by Gasteiger charge is -2.22. The zero-order valence-corrected chi connectivity index (χ0v) is 12.8. The maximum atomic E-state index is 12.3. The number of benzene rings is 1. The summed E-state index contributed by atoms with van der Waals surface area (Å²) in [5.74, 6) is 0.582. The highest BCUT2D eigenvalue weighted by molar-refractivity contribution is 7.89. The second-order valence-electron chi connectivity index (χ2n) is 4.37. The fourth-order valence-electron chi connectivity index (χ4n) is 1.47. The van der Waals surface area contributed by atoms with E-state index in [2.05, 4.69) is 0 Å². The molecule has 0 fully saturated rings. The summed E-state index contributed by atoms with van der Waals surface area (Å²) in [4.78, 5) is 0.166. The van der Waals surface area contributed by atoms with Crippen molar-refractivity contribution in [1.29, 1.82) is 0 Å². The van der Waals surface area contributed by atoms with E-state index < -0.39 is 16.1 Å². The molecule has 0 aliphatic rings. The lowest BCUT2D eigenvalue weighted by molar-refractivity contribution is 0.146. The highest BCUT2D eigenvalue weighted by Crippen LogP contribution is 2.20. The first-order valence-corrected chi connectivity index (χ1v) is 7.68. The van der Waals surface area contributed by atoms with Crippen molar-refractivity contribution < 1.29 is 23.0 Å². The van der Waals surface area contributed by atoms with Gasteiger partial charge in [-0.05, 0) is 31.2 Å². The Bertz CT molecular complexity index is 500. The molecule has 1 atom stereocenters. The molecule has 0 aliphatic carbocycles. The van der Waals surface area contributed by atoms with Crippen LogP contribution in [0.2, 0.25) is 0 Å². The number of aliphatic hydroxyl groups is 1. The van der Waals surface area contributed by atoms with Crippen molar-refractivity contribution in [2.24, 2.45) is 0 Å². The predicted octanol–water partition coefficient (Wildman–Crippen LogP) is 0.713. The Morgan fingerprint density at radius 3 is 2.35 bits per heavy atom. The molecular weight excluding hydrogens is 282 g/mol. The number of aliphatic hydroxyl groups excluding tert-OH is 1. The lowest BCUT2D eigenvalue weighted by Crippen LogP contribution is -2.37. The van der Waals surface area contributed by atoms with E-state index in [4.69, 9.17) is 14.6 Å². The first kappa shape index (κ1) is 16.9. The van der Waals surface area contributed by atoms with Crippen molar-refractivity contribution >= 4 is 10.0 Å². The average molecular weight is 303 g/mol. The van der Waals surface area contributed by atoms with Gasteiger partial charge < -0.3 is 14.6 Å². The van der Waals surface area contributed by atoms with Gasteiger partial charge in [0.15, 0.2) is 0 Å². The van der Waals surface area contributed by atoms with Crippen LogP contribution in [0.15, 0.2) is 29.2 Å². The van der Waals surface area contributed by atoms with Crippen LogP contribution in [0.5, 0.6) is 5.75 Å². The molecule has 114 valence electrons. The van der Waals surface area contributed by atoms with Gasteiger partial charge in [0.25, 0.3) is 0 Å². The number of rotatable bonds is 8. The van der Waals surface area contributed by atoms with Crippen molar-refractivity contribution in [2.45, 2.75) is 17.9 Å². The van der Waals surface area contributed by atoms with E-state index in [1.165, 1.54) is 19.2 Å². The molecule has 0 saturated carbocycles. The zero-order valence-electron chi connectivity index (χ0n) is 11.9. The standard InChI is InChI=1S/C13H21NO5S/c1-11(10-15)14(2)20(16,17)13-6-4-12(5-7-13)19-9-8-18-3/h4-7,11,15H,8-10H2,1-3H3. The van der Waals surface area contributed by atoms with Gasteiger partial charge in [-0.3, -0.25) is 0 Å². The fourth-order valence-corrected chi connectivity index (χ4v) is 2.82. The van der Waals surface area contributed by atoms with Gasteiger partial charge in [-0.25, -0.2) is 8.42 Å². The number of hydrogen-bond acceptors (Lipinski definition) is 5. The van der Waals surface area contributed by atoms with Gasteiger partial charge in [-0.2, -0.15) is 4.31 Å². The summed E-state index contributed by atoms with van der Waals surface area (Å²) < 4.78 is 35.9. The van der Waals surface area contributed by atoms with E-state index >= 15 is 0 Å². The first-order valence-electron chi connectivity index (χ1n) is 6.24. The molecule has 0 aromatic heterocycles. The summed E-state index contributed by atoms with van der Waals surface area (Å²) in [6, 6.07) is 5.69. The first-order chi connectivity index (χ1) is 9.43. The smallest absolute Gasteiger partial charge is 0.243 e. The molecule has 0 saturated heterocycles. The van der Waals surface area contributed by atoms with Gasteiger partial charge in [0.05, 0.1) is 18.1 Å². The lowest BCUT2D eigenvalue weighted by atomic mass is 10.3. The van der Waals surface area contributed by atoms with E-state index in [0.717, 1.165) is 4.31 Å². The highest BCUT2D eigenvalue weighted by atomic mass is 32.2. The SMILES string of the molecule is COCCOc1ccc(S(=O)(=O)N(C)C(C)CO)cc1. The van der Waals surface area contributed by atoms with Gasteiger partial charge in [-0.1, -0.05) is 0 Å². The number of ether oxygens (including phenoxy) is 2. The summed E-state index contributed by atoms with van der Waals surface area (Å²) in [6.45, 7) is 2.29. The van der Waals surface area contributed by atoms with Crippen LogP contribution < -0.4 is 4.74 Å². The van der Waals surface area contributed by atoms with Crippen LogP contribution in [0.1, 0.15) is 6.92 Å². The summed E-state index contributed by atoms with van der Waals surface area (Å²) in [7, 11) is -0.575. The Morgan fingerprint density at radius 1 is 1.25 bits per heavy atom. The highest BCUT2D eigenvalue weighted by Gasteiger charge is 2.24. The molecule has 0 amide bonds. The molecule has 0 aliphatic heterocycles. The van der Waals surface area contributed by atoms with Crippen molar-refractivity contribution in [3.63, 3.8) is 0 Å². The Balaban J connectivity index is 2.81. The fraction of sp³-hybridized carbons (Fsp3) is 0.538. The number of sulfonamides is 1. The third-order valence-corrected chi connectivity index (χ3v) is 4.93. The summed E-state index contributed by atoms with van der Waals surface area (Å²) in [5.41, 5.74) is 0. The molecule has 1 unspecified atom stereocenters. The van der Waals surface area contributed by atoms with Crippen LogP contribution in [0.25, 0.3) is 0 Å². The Morgan fingerprint density at radius 2 is 1.85 bits per heavy atom. The topological polar surface area (TPSA) is 76.1 Å². The second kappa shape index (κ2) is 7.58. The summed E-state index contributed by atoms with van der Waals surface area (Å²) in [5, 5.41) is 9.04. The molecule has 0 spiro atoms. The van der Waals surface area contributed by atoms with Crippen LogP contribution in [-0.4, -0.2) is 57.8 Å². The zero-order chi connectivity index (χ0) is 15.2. The van der Waals surface area contributed by atoms with Crippen molar-refractivity contribution in [3.05, 3.63) is 24.3 Å². The molecule has 1 aromatic rings. The van der Waals surface area contributed by atoms with E-state index in [1.807, 2.05) is 0 Å². The minimum absolute atomic E-state index is 0.166. The van der Waals surface area contributed by atoms with E-state index in [9.17, 15) is 8.42 Å². The third-order valence-electron chi connectivity index (χ3n) is 2.94. The molecule has 0 radical (unpaired) electrons. The number of nitrogens with zero attached hydrogens (tertiary/aromatic N) is 1. The quantitative estimate of drug-likeness (QED) is 0.716. The molecular formula is C13H21NO5S. The molecule has 1 rings (SSSR count). The maximum absolute atomic E-state index is 12.3. The minimum Gasteiger partial charge on any atom is -0.491 e. The van der Waals surface area contributed by atoms with Crippen LogP contribution in [-0.2, 0) is 14.8 Å². The predicted molar refractivity (Wildman–Crippen MR) is 75.3 cm³/mol. The molecule has 1 aromatic carbocycles. The Hall–Kier alpha value is -1.15. The number of methoxy groups -OCH3 is 1. The Labute approximate surface area is 120 Å². The van der Waals surface area contributed by atoms with E-state index in [0.29, 0.717) is 19.0 Å². The average Bonchev–Trinajstić information content (AvgIpc) is 2.46. The molecule has 7 heteroatoms. The van der Waals surface area contributed by atoms with Crippen molar-refractivity contribution in [3.8, 4) is 5.75 Å². The number of hydrogen-bond donors (Lipinski definition) is 1. The van der Waals surface area contributed by atoms with E-state index in [-0.39, 0.29) is 11.5 Å². The summed E-state index contributed by atoms with van der Waals surface area (Å²) in [6.07, 6.45) is 0. The molecule has 20 heavy (non-hydrogen) atoms. The Kier molecular flexibility index (Phi) is 6.41. The second-order valence-corrected chi connectivity index (χ2v) is 6.36. The summed E-state index contributed by atoms with van der Waals surface area (Å²) >= 11 is 0. The normalized spacial score (nSPS) is 13.4. The molecule has 6 nitrogen and oxygen atoms in total. The van der Waals surface area contributed by atoms with Crippen LogP contribution >= 0.6 is 0 Å². The molecule has 0 bridgehead atoms. The van der Waals surface area contributed by atoms with Crippen LogP contribution in [0.3, 0.4) is 0 Å². The third kappa shape index (κ3) is 4.17. The monoisotopic (exact) mass is 303 g/mol.